The lowest BCUT2D eigenvalue weighted by molar-refractivity contribution is -0.119. The molecule has 1 aliphatic rings. The summed E-state index contributed by atoms with van der Waals surface area (Å²) in [6.07, 6.45) is 4.07. The molecule has 2 aromatic rings. The van der Waals surface area contributed by atoms with Crippen LogP contribution in [-0.4, -0.2) is 32.5 Å². The first kappa shape index (κ1) is 17.9. The summed E-state index contributed by atoms with van der Waals surface area (Å²) in [5.74, 6) is 0.516. The zero-order valence-electron chi connectivity index (χ0n) is 14.5. The topological polar surface area (TPSA) is 59.8 Å². The average molecular weight is 362 g/mol. The number of nitrogens with zero attached hydrogens (tertiary/aromatic N) is 3. The third-order valence-corrected chi connectivity index (χ3v) is 5.10. The lowest BCUT2D eigenvalue weighted by Gasteiger charge is -2.13. The Kier molecular flexibility index (Phi) is 5.73. The third-order valence-electron chi connectivity index (χ3n) is 4.15. The summed E-state index contributed by atoms with van der Waals surface area (Å²) >= 11 is 1.36. The number of benzene rings is 1. The van der Waals surface area contributed by atoms with Gasteiger partial charge in [0.05, 0.1) is 11.3 Å². The number of nitrogens with one attached hydrogen (secondary N) is 1. The van der Waals surface area contributed by atoms with Crippen LogP contribution >= 0.6 is 11.8 Å². The van der Waals surface area contributed by atoms with Crippen molar-refractivity contribution >= 4 is 17.7 Å². The molecule has 1 aromatic carbocycles. The highest BCUT2D eigenvalue weighted by atomic mass is 32.2. The van der Waals surface area contributed by atoms with Crippen LogP contribution in [0.5, 0.6) is 0 Å². The van der Waals surface area contributed by atoms with E-state index >= 15 is 0 Å². The van der Waals surface area contributed by atoms with Crippen molar-refractivity contribution in [2.45, 2.75) is 56.8 Å². The van der Waals surface area contributed by atoms with Gasteiger partial charge in [-0.15, -0.1) is 10.2 Å². The molecule has 0 spiro atoms. The second-order valence-corrected chi connectivity index (χ2v) is 7.38. The van der Waals surface area contributed by atoms with Crippen molar-refractivity contribution in [1.82, 2.24) is 20.1 Å². The zero-order chi connectivity index (χ0) is 17.8. The van der Waals surface area contributed by atoms with E-state index in [1.165, 1.54) is 17.8 Å². The quantitative estimate of drug-likeness (QED) is 0.725. The maximum atomic E-state index is 14.1. The van der Waals surface area contributed by atoms with Gasteiger partial charge in [-0.25, -0.2) is 4.39 Å². The summed E-state index contributed by atoms with van der Waals surface area (Å²) < 4.78 is 16.1. The van der Waals surface area contributed by atoms with Crippen LogP contribution in [0.25, 0.3) is 11.4 Å². The molecule has 5 nitrogen and oxygen atoms in total. The minimum Gasteiger partial charge on any atom is -0.353 e. The number of aromatic nitrogens is 3. The van der Waals surface area contributed by atoms with Crippen molar-refractivity contribution in [3.8, 4) is 11.4 Å². The first-order valence-corrected chi connectivity index (χ1v) is 9.70. The Morgan fingerprint density at radius 2 is 2.16 bits per heavy atom. The average Bonchev–Trinajstić information content (AvgIpc) is 3.33. The summed E-state index contributed by atoms with van der Waals surface area (Å²) in [5, 5.41) is 12.1. The highest BCUT2D eigenvalue weighted by Crippen LogP contribution is 2.41. The van der Waals surface area contributed by atoms with Crippen LogP contribution in [0.15, 0.2) is 29.4 Å². The first-order chi connectivity index (χ1) is 12.1. The van der Waals surface area contributed by atoms with Gasteiger partial charge in [-0.2, -0.15) is 0 Å². The van der Waals surface area contributed by atoms with Gasteiger partial charge in [0.2, 0.25) is 5.91 Å². The van der Waals surface area contributed by atoms with Gasteiger partial charge in [-0.3, -0.25) is 9.36 Å². The standard InChI is InChI=1S/C18H23FN4OS/c1-3-6-12(2)20-16(24)11-25-18-22-21-17(23(18)13-9-10-13)14-7-4-5-8-15(14)19/h4-5,7-8,12-13H,3,6,9-11H2,1-2H3,(H,20,24)/t12-/m0/s1. The SMILES string of the molecule is CCC[C@H](C)NC(=O)CSc1nnc(-c2ccccc2F)n1C1CC1. The summed E-state index contributed by atoms with van der Waals surface area (Å²) in [6, 6.07) is 7.07. The molecule has 1 amide bonds. The van der Waals surface area contributed by atoms with E-state index in [2.05, 4.69) is 22.4 Å². The summed E-state index contributed by atoms with van der Waals surface area (Å²) in [6.45, 7) is 4.11. The van der Waals surface area contributed by atoms with Crippen LogP contribution in [-0.2, 0) is 4.79 Å². The maximum absolute atomic E-state index is 14.1. The molecular weight excluding hydrogens is 339 g/mol. The monoisotopic (exact) mass is 362 g/mol. The van der Waals surface area contributed by atoms with Crippen molar-refractivity contribution in [3.63, 3.8) is 0 Å². The van der Waals surface area contributed by atoms with Gasteiger partial charge in [-0.1, -0.05) is 37.2 Å². The van der Waals surface area contributed by atoms with Crippen molar-refractivity contribution < 1.29 is 9.18 Å². The van der Waals surface area contributed by atoms with Crippen molar-refractivity contribution in [2.24, 2.45) is 0 Å². The Labute approximate surface area is 151 Å². The Morgan fingerprint density at radius 3 is 2.84 bits per heavy atom. The van der Waals surface area contributed by atoms with Crippen molar-refractivity contribution in [1.29, 1.82) is 0 Å². The lowest BCUT2D eigenvalue weighted by Crippen LogP contribution is -2.33. The molecule has 0 unspecified atom stereocenters. The first-order valence-electron chi connectivity index (χ1n) is 8.72. The summed E-state index contributed by atoms with van der Waals surface area (Å²) in [7, 11) is 0. The predicted octanol–water partition coefficient (Wildman–Crippen LogP) is 3.82. The molecule has 1 atom stereocenters. The molecule has 1 heterocycles. The van der Waals surface area contributed by atoms with Crippen LogP contribution in [0.3, 0.4) is 0 Å². The number of hydrogen-bond acceptors (Lipinski definition) is 4. The van der Waals surface area contributed by atoms with Crippen LogP contribution in [0.2, 0.25) is 0 Å². The minimum atomic E-state index is -0.306. The molecule has 1 aromatic heterocycles. The van der Waals surface area contributed by atoms with Crippen LogP contribution in [0, 0.1) is 5.82 Å². The molecule has 1 N–H and O–H groups in total. The highest BCUT2D eigenvalue weighted by Gasteiger charge is 2.31. The van der Waals surface area contributed by atoms with E-state index in [1.54, 1.807) is 18.2 Å². The van der Waals surface area contributed by atoms with Gasteiger partial charge in [0.1, 0.15) is 5.82 Å². The fourth-order valence-corrected chi connectivity index (χ4v) is 3.63. The van der Waals surface area contributed by atoms with Crippen molar-refractivity contribution in [2.75, 3.05) is 5.75 Å². The molecule has 0 saturated heterocycles. The number of carbonyl (C=O) groups is 1. The van der Waals surface area contributed by atoms with E-state index in [9.17, 15) is 9.18 Å². The molecule has 7 heteroatoms. The van der Waals surface area contributed by atoms with E-state index in [1.807, 2.05) is 11.5 Å². The van der Waals surface area contributed by atoms with Crippen molar-refractivity contribution in [3.05, 3.63) is 30.1 Å². The summed E-state index contributed by atoms with van der Waals surface area (Å²) in [4.78, 5) is 12.1. The predicted molar refractivity (Wildman–Crippen MR) is 96.9 cm³/mol. The molecule has 0 aliphatic heterocycles. The third kappa shape index (κ3) is 4.39. The molecular formula is C18H23FN4OS. The largest absolute Gasteiger partial charge is 0.353 e. The van der Waals surface area contributed by atoms with Gasteiger partial charge >= 0.3 is 0 Å². The van der Waals surface area contributed by atoms with E-state index in [4.69, 9.17) is 0 Å². The maximum Gasteiger partial charge on any atom is 0.230 e. The molecule has 25 heavy (non-hydrogen) atoms. The Hall–Kier alpha value is -1.89. The second kappa shape index (κ2) is 7.99. The smallest absolute Gasteiger partial charge is 0.230 e. The van der Waals surface area contributed by atoms with Crippen LogP contribution in [0.1, 0.15) is 45.6 Å². The Morgan fingerprint density at radius 1 is 1.40 bits per heavy atom. The number of halogens is 1. The molecule has 1 fully saturated rings. The molecule has 0 radical (unpaired) electrons. The van der Waals surface area contributed by atoms with Gasteiger partial charge in [0.25, 0.3) is 0 Å². The highest BCUT2D eigenvalue weighted by molar-refractivity contribution is 7.99. The van der Waals surface area contributed by atoms with Gasteiger partial charge < -0.3 is 5.32 Å². The number of hydrogen-bond donors (Lipinski definition) is 1. The lowest BCUT2D eigenvalue weighted by atomic mass is 10.2. The van der Waals surface area contributed by atoms with E-state index < -0.39 is 0 Å². The van der Waals surface area contributed by atoms with E-state index in [-0.39, 0.29) is 23.5 Å². The fourth-order valence-electron chi connectivity index (χ4n) is 2.82. The van der Waals surface area contributed by atoms with Gasteiger partial charge in [0.15, 0.2) is 11.0 Å². The normalized spacial score (nSPS) is 15.2. The Bertz CT molecular complexity index is 744. The van der Waals surface area contributed by atoms with Crippen LogP contribution in [0.4, 0.5) is 4.39 Å². The molecule has 1 aliphatic carbocycles. The van der Waals surface area contributed by atoms with E-state index in [0.717, 1.165) is 25.7 Å². The molecule has 0 bridgehead atoms. The molecule has 3 rings (SSSR count). The van der Waals surface area contributed by atoms with Gasteiger partial charge in [0, 0.05) is 12.1 Å². The van der Waals surface area contributed by atoms with Gasteiger partial charge in [-0.05, 0) is 38.3 Å². The molecule has 1 saturated carbocycles. The minimum absolute atomic E-state index is 0.0104. The second-order valence-electron chi connectivity index (χ2n) is 6.43. The number of thioether (sulfide) groups is 1. The van der Waals surface area contributed by atoms with Crippen LogP contribution < -0.4 is 5.32 Å². The number of carbonyl (C=O) groups excluding carboxylic acids is 1. The zero-order valence-corrected chi connectivity index (χ0v) is 15.4. The summed E-state index contributed by atoms with van der Waals surface area (Å²) in [5.41, 5.74) is 0.453. The molecule has 134 valence electrons. The van der Waals surface area contributed by atoms with E-state index in [0.29, 0.717) is 22.6 Å². The number of amides is 1. The number of rotatable bonds is 8. The Balaban J connectivity index is 1.73. The fraction of sp³-hybridized carbons (Fsp3) is 0.500.